The molecule has 1 aromatic heterocycles. The predicted molar refractivity (Wildman–Crippen MR) is 102 cm³/mol. The van der Waals surface area contributed by atoms with E-state index in [0.29, 0.717) is 19.8 Å². The van der Waals surface area contributed by atoms with Crippen LogP contribution in [0.3, 0.4) is 0 Å². The molecule has 2 aromatic rings. The van der Waals surface area contributed by atoms with Gasteiger partial charge < -0.3 is 19.7 Å². The lowest BCUT2D eigenvalue weighted by Crippen LogP contribution is -2.40. The maximum Gasteiger partial charge on any atom is 0.193 e. The van der Waals surface area contributed by atoms with E-state index in [1.165, 1.54) is 0 Å². The number of aliphatic imine (C=N–C) groups is 1. The minimum absolute atomic E-state index is 0.526. The van der Waals surface area contributed by atoms with Gasteiger partial charge in [0, 0.05) is 31.6 Å². The third-order valence-corrected chi connectivity index (χ3v) is 4.44. The van der Waals surface area contributed by atoms with Gasteiger partial charge in [-0.05, 0) is 13.0 Å². The van der Waals surface area contributed by atoms with E-state index in [4.69, 9.17) is 9.47 Å². The number of guanidine groups is 1. The maximum absolute atomic E-state index is 5.73. The molecule has 7 heteroatoms. The normalized spacial score (nSPS) is 11.4. The van der Waals surface area contributed by atoms with E-state index in [1.807, 2.05) is 38.2 Å². The molecule has 2 rings (SSSR count). The van der Waals surface area contributed by atoms with Crippen LogP contribution >= 0.6 is 11.3 Å². The summed E-state index contributed by atoms with van der Waals surface area (Å²) in [5, 5.41) is 6.46. The molecule has 0 atom stereocenters. The van der Waals surface area contributed by atoms with E-state index in [-0.39, 0.29) is 0 Å². The molecular formula is C18H26N4O2S. The van der Waals surface area contributed by atoms with Crippen molar-refractivity contribution in [2.24, 2.45) is 4.99 Å². The topological polar surface area (TPSA) is 59.0 Å². The molecule has 0 bridgehead atoms. The summed E-state index contributed by atoms with van der Waals surface area (Å²) in [7, 11) is 5.45. The Morgan fingerprint density at radius 1 is 1.36 bits per heavy atom. The van der Waals surface area contributed by atoms with Gasteiger partial charge in [0.25, 0.3) is 0 Å². The fraction of sp³-hybridized carbons (Fsp3) is 0.444. The van der Waals surface area contributed by atoms with E-state index in [1.54, 1.807) is 25.5 Å². The molecule has 0 amide bonds. The molecule has 0 unspecified atom stereocenters. The van der Waals surface area contributed by atoms with Crippen molar-refractivity contribution in [3.8, 4) is 5.75 Å². The summed E-state index contributed by atoms with van der Waals surface area (Å²) >= 11 is 1.66. The minimum Gasteiger partial charge on any atom is -0.496 e. The molecular weight excluding hydrogens is 336 g/mol. The summed E-state index contributed by atoms with van der Waals surface area (Å²) in [6.07, 6.45) is 0. The summed E-state index contributed by atoms with van der Waals surface area (Å²) < 4.78 is 11.1. The maximum atomic E-state index is 5.73. The van der Waals surface area contributed by atoms with Crippen LogP contribution in [-0.4, -0.2) is 50.2 Å². The van der Waals surface area contributed by atoms with Crippen molar-refractivity contribution >= 4 is 17.3 Å². The number of hydrogen-bond acceptors (Lipinski definition) is 5. The lowest BCUT2D eigenvalue weighted by molar-refractivity contribution is 0.123. The monoisotopic (exact) mass is 362 g/mol. The molecule has 0 fully saturated rings. The minimum atomic E-state index is 0.526. The standard InChI is InChI=1S/C18H26N4O2S/c1-14-21-16(13-25-14)11-22(3)18(19-2)20-9-10-24-12-15-7-5-6-8-17(15)23-4/h5-8,13H,9-12H2,1-4H3,(H,19,20). The first-order valence-electron chi connectivity index (χ1n) is 8.16. The first-order valence-corrected chi connectivity index (χ1v) is 9.04. The molecule has 0 radical (unpaired) electrons. The van der Waals surface area contributed by atoms with E-state index in [9.17, 15) is 0 Å². The second kappa shape index (κ2) is 10.0. The van der Waals surface area contributed by atoms with E-state index >= 15 is 0 Å². The molecule has 1 heterocycles. The Labute approximate surface area is 153 Å². The van der Waals surface area contributed by atoms with Crippen molar-refractivity contribution in [1.82, 2.24) is 15.2 Å². The Kier molecular flexibility index (Phi) is 7.69. The number of nitrogens with one attached hydrogen (secondary N) is 1. The third-order valence-electron chi connectivity index (χ3n) is 3.62. The van der Waals surface area contributed by atoms with Gasteiger partial charge in [0.15, 0.2) is 5.96 Å². The number of nitrogens with zero attached hydrogens (tertiary/aromatic N) is 3. The van der Waals surface area contributed by atoms with E-state index in [0.717, 1.165) is 34.5 Å². The highest BCUT2D eigenvalue weighted by Crippen LogP contribution is 2.17. The van der Waals surface area contributed by atoms with Gasteiger partial charge in [-0.15, -0.1) is 11.3 Å². The second-order valence-electron chi connectivity index (χ2n) is 5.55. The molecule has 1 aromatic carbocycles. The summed E-state index contributed by atoms with van der Waals surface area (Å²) in [5.74, 6) is 1.68. The molecule has 0 saturated carbocycles. The van der Waals surface area contributed by atoms with Gasteiger partial charge in [-0.3, -0.25) is 4.99 Å². The molecule has 1 N–H and O–H groups in total. The molecule has 0 spiro atoms. The average Bonchev–Trinajstić information content (AvgIpc) is 3.03. The summed E-state index contributed by atoms with van der Waals surface area (Å²) in [5.41, 5.74) is 2.10. The van der Waals surface area contributed by atoms with Gasteiger partial charge in [-0.2, -0.15) is 0 Å². The van der Waals surface area contributed by atoms with Crippen LogP contribution in [0.4, 0.5) is 0 Å². The van der Waals surface area contributed by atoms with Crippen molar-refractivity contribution < 1.29 is 9.47 Å². The van der Waals surface area contributed by atoms with Crippen LogP contribution in [0.15, 0.2) is 34.6 Å². The van der Waals surface area contributed by atoms with Gasteiger partial charge in [-0.1, -0.05) is 18.2 Å². The molecule has 0 aliphatic heterocycles. The highest BCUT2D eigenvalue weighted by molar-refractivity contribution is 7.09. The first-order chi connectivity index (χ1) is 12.1. The summed E-state index contributed by atoms with van der Waals surface area (Å²) in [6, 6.07) is 7.88. The zero-order valence-electron chi connectivity index (χ0n) is 15.3. The van der Waals surface area contributed by atoms with Gasteiger partial charge in [0.05, 0.1) is 37.6 Å². The molecule has 0 saturated heterocycles. The number of aromatic nitrogens is 1. The SMILES string of the molecule is CN=C(NCCOCc1ccccc1OC)N(C)Cc1csc(C)n1. The van der Waals surface area contributed by atoms with Gasteiger partial charge in [0.2, 0.25) is 0 Å². The Hall–Kier alpha value is -2.12. The number of aryl methyl sites for hydroxylation is 1. The van der Waals surface area contributed by atoms with Crippen LogP contribution in [0.2, 0.25) is 0 Å². The first kappa shape index (κ1) is 19.2. The quantitative estimate of drug-likeness (QED) is 0.444. The van der Waals surface area contributed by atoms with Gasteiger partial charge in [-0.25, -0.2) is 4.98 Å². The zero-order chi connectivity index (χ0) is 18.1. The number of rotatable bonds is 8. The lowest BCUT2D eigenvalue weighted by Gasteiger charge is -2.21. The molecule has 0 aliphatic carbocycles. The Bertz CT molecular complexity index is 687. The van der Waals surface area contributed by atoms with Crippen LogP contribution in [-0.2, 0) is 17.9 Å². The van der Waals surface area contributed by atoms with Crippen LogP contribution < -0.4 is 10.1 Å². The van der Waals surface area contributed by atoms with Crippen LogP contribution in [0.1, 0.15) is 16.3 Å². The van der Waals surface area contributed by atoms with Gasteiger partial charge >= 0.3 is 0 Å². The van der Waals surface area contributed by atoms with E-state index < -0.39 is 0 Å². The lowest BCUT2D eigenvalue weighted by atomic mass is 10.2. The number of ether oxygens (including phenoxy) is 2. The summed E-state index contributed by atoms with van der Waals surface area (Å²) in [4.78, 5) is 10.8. The molecule has 25 heavy (non-hydrogen) atoms. The highest BCUT2D eigenvalue weighted by atomic mass is 32.1. The fourth-order valence-corrected chi connectivity index (χ4v) is 3.03. The second-order valence-corrected chi connectivity index (χ2v) is 6.61. The predicted octanol–water partition coefficient (Wildman–Crippen LogP) is 2.68. The van der Waals surface area contributed by atoms with Crippen molar-refractivity contribution in [2.75, 3.05) is 34.4 Å². The van der Waals surface area contributed by atoms with Crippen molar-refractivity contribution in [3.63, 3.8) is 0 Å². The number of hydrogen-bond donors (Lipinski definition) is 1. The van der Waals surface area contributed by atoms with Gasteiger partial charge in [0.1, 0.15) is 5.75 Å². The fourth-order valence-electron chi connectivity index (χ4n) is 2.42. The molecule has 0 aliphatic rings. The number of methoxy groups -OCH3 is 1. The zero-order valence-corrected chi connectivity index (χ0v) is 16.1. The Morgan fingerprint density at radius 3 is 2.84 bits per heavy atom. The van der Waals surface area contributed by atoms with Crippen molar-refractivity contribution in [3.05, 3.63) is 45.9 Å². The Morgan fingerprint density at radius 2 is 2.16 bits per heavy atom. The van der Waals surface area contributed by atoms with Crippen LogP contribution in [0, 0.1) is 6.92 Å². The largest absolute Gasteiger partial charge is 0.496 e. The third kappa shape index (κ3) is 6.03. The van der Waals surface area contributed by atoms with Crippen LogP contribution in [0.25, 0.3) is 0 Å². The molecule has 136 valence electrons. The van der Waals surface area contributed by atoms with Crippen molar-refractivity contribution in [1.29, 1.82) is 0 Å². The number of para-hydroxylation sites is 1. The van der Waals surface area contributed by atoms with Crippen molar-refractivity contribution in [2.45, 2.75) is 20.1 Å². The van der Waals surface area contributed by atoms with E-state index in [2.05, 4.69) is 25.6 Å². The number of thiazole rings is 1. The highest BCUT2D eigenvalue weighted by Gasteiger charge is 2.08. The average molecular weight is 362 g/mol. The smallest absolute Gasteiger partial charge is 0.193 e. The van der Waals surface area contributed by atoms with Crippen LogP contribution in [0.5, 0.6) is 5.75 Å². The number of benzene rings is 1. The Balaban J connectivity index is 1.72. The molecule has 6 nitrogen and oxygen atoms in total. The summed E-state index contributed by atoms with van der Waals surface area (Å²) in [6.45, 7) is 4.54.